The van der Waals surface area contributed by atoms with E-state index in [9.17, 15) is 4.39 Å². The van der Waals surface area contributed by atoms with Gasteiger partial charge in [0.15, 0.2) is 0 Å². The molecular weight excluding hydrogens is 567 g/mol. The molecule has 5 heteroatoms. The van der Waals surface area contributed by atoms with Crippen LogP contribution in [0.25, 0.3) is 82.9 Å². The van der Waals surface area contributed by atoms with Gasteiger partial charge in [0.25, 0.3) is 0 Å². The second-order valence-corrected chi connectivity index (χ2v) is 11.5. The van der Waals surface area contributed by atoms with Gasteiger partial charge in [-0.2, -0.15) is 0 Å². The van der Waals surface area contributed by atoms with Gasteiger partial charge in [-0.15, -0.1) is 0 Å². The quantitative estimate of drug-likeness (QED) is 0.191. The fourth-order valence-electron chi connectivity index (χ4n) is 6.55. The highest BCUT2D eigenvalue weighted by Gasteiger charge is 2.15. The van der Waals surface area contributed by atoms with Crippen LogP contribution in [0.4, 0.5) is 4.39 Å². The molecule has 0 amide bonds. The van der Waals surface area contributed by atoms with Crippen molar-refractivity contribution >= 4 is 43.5 Å². The zero-order valence-electron chi connectivity index (χ0n) is 24.6. The molecule has 9 aromatic rings. The third-order valence-corrected chi connectivity index (χ3v) is 8.73. The lowest BCUT2D eigenvalue weighted by Crippen LogP contribution is -1.95. The van der Waals surface area contributed by atoms with Gasteiger partial charge >= 0.3 is 0 Å². The molecule has 0 aliphatic carbocycles. The predicted octanol–water partition coefficient (Wildman–Crippen LogP) is 10.4. The fourth-order valence-corrected chi connectivity index (χ4v) is 6.55. The molecule has 0 spiro atoms. The van der Waals surface area contributed by atoms with Gasteiger partial charge in [-0.25, -0.2) is 9.37 Å². The summed E-state index contributed by atoms with van der Waals surface area (Å²) in [6.45, 7) is 0. The largest absolute Gasteiger partial charge is 0.308 e. The second kappa shape index (κ2) is 10.5. The Bertz CT molecular complexity index is 2590. The number of halogens is 1. The third-order valence-electron chi connectivity index (χ3n) is 8.73. The van der Waals surface area contributed by atoms with Crippen molar-refractivity contribution < 1.29 is 4.39 Å². The molecular formula is C41H25FN4. The summed E-state index contributed by atoms with van der Waals surface area (Å²) >= 11 is 0. The van der Waals surface area contributed by atoms with E-state index in [2.05, 4.69) is 106 Å². The molecule has 0 fully saturated rings. The Kier molecular flexibility index (Phi) is 5.96. The minimum Gasteiger partial charge on any atom is -0.308 e. The van der Waals surface area contributed by atoms with Crippen molar-refractivity contribution in [2.24, 2.45) is 0 Å². The number of pyridine rings is 3. The molecule has 9 rings (SSSR count). The van der Waals surface area contributed by atoms with Crippen molar-refractivity contribution in [2.45, 2.75) is 0 Å². The summed E-state index contributed by atoms with van der Waals surface area (Å²) in [4.78, 5) is 14.1. The topological polar surface area (TPSA) is 43.6 Å². The molecule has 5 aromatic carbocycles. The molecule has 0 aliphatic rings. The van der Waals surface area contributed by atoms with Gasteiger partial charge in [-0.1, -0.05) is 84.9 Å². The van der Waals surface area contributed by atoms with Crippen LogP contribution in [0.2, 0.25) is 0 Å². The Balaban J connectivity index is 1.18. The molecule has 0 radical (unpaired) electrons. The van der Waals surface area contributed by atoms with Crippen LogP contribution in [-0.4, -0.2) is 19.5 Å². The molecule has 0 aliphatic heterocycles. The molecule has 216 valence electrons. The van der Waals surface area contributed by atoms with Gasteiger partial charge in [-0.05, 0) is 81.2 Å². The first-order valence-corrected chi connectivity index (χ1v) is 15.2. The average Bonchev–Trinajstić information content (AvgIpc) is 3.45. The summed E-state index contributed by atoms with van der Waals surface area (Å²) in [6.07, 6.45) is 3.07. The van der Waals surface area contributed by atoms with Gasteiger partial charge < -0.3 is 4.57 Å². The van der Waals surface area contributed by atoms with Crippen LogP contribution >= 0.6 is 0 Å². The lowest BCUT2D eigenvalue weighted by molar-refractivity contribution is 0.624. The van der Waals surface area contributed by atoms with Crippen molar-refractivity contribution in [3.05, 3.63) is 158 Å². The average molecular weight is 593 g/mol. The van der Waals surface area contributed by atoms with Crippen LogP contribution in [0.5, 0.6) is 0 Å². The molecule has 4 aromatic heterocycles. The summed E-state index contributed by atoms with van der Waals surface area (Å²) in [5, 5.41) is 5.85. The van der Waals surface area contributed by atoms with Crippen molar-refractivity contribution in [3.8, 4) is 39.5 Å². The number of hydrogen-bond donors (Lipinski definition) is 0. The van der Waals surface area contributed by atoms with E-state index in [1.807, 2.05) is 42.5 Å². The maximum atomic E-state index is 14.4. The predicted molar refractivity (Wildman–Crippen MR) is 185 cm³/mol. The minimum atomic E-state index is -0.360. The molecule has 0 atom stereocenters. The molecule has 46 heavy (non-hydrogen) atoms. The normalized spacial score (nSPS) is 11.6. The Hall–Kier alpha value is -6.20. The van der Waals surface area contributed by atoms with Crippen molar-refractivity contribution in [1.29, 1.82) is 0 Å². The standard InChI is InChI=1S/C41H25FN4/c42-31-24-40-41(44-25-31)35-9-3-4-11-39(35)46(40)32-17-14-26(15-18-32)30-22-37(45-38(23-30)36-10-5-6-20-43-36)29-16-19-34-28(21-29)13-12-27-7-1-2-8-33(27)34/h1-25H. The van der Waals surface area contributed by atoms with Gasteiger partial charge in [-0.3, -0.25) is 9.97 Å². The lowest BCUT2D eigenvalue weighted by Gasteiger charge is -2.12. The Morgan fingerprint density at radius 3 is 2.09 bits per heavy atom. The van der Waals surface area contributed by atoms with Gasteiger partial charge in [0.2, 0.25) is 0 Å². The molecule has 4 nitrogen and oxygen atoms in total. The first-order valence-electron chi connectivity index (χ1n) is 15.2. The number of benzene rings is 5. The number of fused-ring (bicyclic) bond motifs is 6. The molecule has 0 N–H and O–H groups in total. The fraction of sp³-hybridized carbons (Fsp3) is 0. The maximum Gasteiger partial charge on any atom is 0.143 e. The van der Waals surface area contributed by atoms with Crippen molar-refractivity contribution in [2.75, 3.05) is 0 Å². The highest BCUT2D eigenvalue weighted by atomic mass is 19.1. The van der Waals surface area contributed by atoms with Gasteiger partial charge in [0.1, 0.15) is 5.82 Å². The molecule has 0 bridgehead atoms. The van der Waals surface area contributed by atoms with Crippen LogP contribution in [0.3, 0.4) is 0 Å². The van der Waals surface area contributed by atoms with E-state index in [1.165, 1.54) is 27.7 Å². The monoisotopic (exact) mass is 592 g/mol. The number of aromatic nitrogens is 4. The third kappa shape index (κ3) is 4.32. The number of rotatable bonds is 4. The molecule has 0 saturated heterocycles. The van der Waals surface area contributed by atoms with E-state index in [4.69, 9.17) is 4.98 Å². The summed E-state index contributed by atoms with van der Waals surface area (Å²) in [6, 6.07) is 47.5. The Morgan fingerprint density at radius 2 is 1.22 bits per heavy atom. The summed E-state index contributed by atoms with van der Waals surface area (Å²) in [7, 11) is 0. The maximum absolute atomic E-state index is 14.4. The van der Waals surface area contributed by atoms with E-state index in [-0.39, 0.29) is 5.82 Å². The van der Waals surface area contributed by atoms with Crippen LogP contribution < -0.4 is 0 Å². The number of nitrogens with zero attached hydrogens (tertiary/aromatic N) is 4. The van der Waals surface area contributed by atoms with Gasteiger partial charge in [0.05, 0.1) is 39.8 Å². The SMILES string of the molecule is Fc1cnc2c3ccccc3n(-c3ccc(-c4cc(-c5ccc6c(ccc7ccccc76)c5)nc(-c5ccccn5)c4)cc3)c2c1. The number of para-hydroxylation sites is 1. The van der Waals surface area contributed by atoms with Crippen molar-refractivity contribution in [3.63, 3.8) is 0 Å². The minimum absolute atomic E-state index is 0.360. The van der Waals surface area contributed by atoms with Crippen LogP contribution in [0.1, 0.15) is 0 Å². The molecule has 4 heterocycles. The Labute approximate surface area is 264 Å². The van der Waals surface area contributed by atoms with Crippen LogP contribution in [0, 0.1) is 5.82 Å². The van der Waals surface area contributed by atoms with E-state index in [0.29, 0.717) is 0 Å². The van der Waals surface area contributed by atoms with Crippen molar-refractivity contribution in [1.82, 2.24) is 19.5 Å². The number of hydrogen-bond acceptors (Lipinski definition) is 3. The van der Waals surface area contributed by atoms with Gasteiger partial charge in [0, 0.05) is 28.9 Å². The Morgan fingerprint density at radius 1 is 0.478 bits per heavy atom. The summed E-state index contributed by atoms with van der Waals surface area (Å²) in [5.74, 6) is -0.360. The molecule has 0 unspecified atom stereocenters. The molecule has 0 saturated carbocycles. The first-order chi connectivity index (χ1) is 22.7. The van der Waals surface area contributed by atoms with Crippen LogP contribution in [0.15, 0.2) is 152 Å². The highest BCUT2D eigenvalue weighted by molar-refractivity contribution is 6.09. The zero-order chi connectivity index (χ0) is 30.6. The highest BCUT2D eigenvalue weighted by Crippen LogP contribution is 2.35. The van der Waals surface area contributed by atoms with E-state index in [1.54, 1.807) is 12.3 Å². The smallest absolute Gasteiger partial charge is 0.143 e. The van der Waals surface area contributed by atoms with E-state index in [0.717, 1.165) is 61.4 Å². The van der Waals surface area contributed by atoms with E-state index >= 15 is 0 Å². The second-order valence-electron chi connectivity index (χ2n) is 11.5. The lowest BCUT2D eigenvalue weighted by atomic mass is 9.97. The van der Waals surface area contributed by atoms with E-state index < -0.39 is 0 Å². The summed E-state index contributed by atoms with van der Waals surface area (Å²) in [5.41, 5.74) is 9.05. The zero-order valence-corrected chi connectivity index (χ0v) is 24.6. The first kappa shape index (κ1) is 26.2. The summed E-state index contributed by atoms with van der Waals surface area (Å²) < 4.78 is 16.4. The van der Waals surface area contributed by atoms with Crippen LogP contribution in [-0.2, 0) is 0 Å².